The number of carbonyl (C=O) groups is 1. The third-order valence-corrected chi connectivity index (χ3v) is 4.16. The number of hydrogen-bond acceptors (Lipinski definition) is 4. The fourth-order valence-electron chi connectivity index (χ4n) is 2.27. The lowest BCUT2D eigenvalue weighted by Crippen LogP contribution is -2.40. The van der Waals surface area contributed by atoms with Gasteiger partial charge in [-0.05, 0) is 37.0 Å². The number of benzene rings is 1. The highest BCUT2D eigenvalue weighted by molar-refractivity contribution is 5.96. The van der Waals surface area contributed by atoms with Crippen LogP contribution in [0.1, 0.15) is 44.9 Å². The van der Waals surface area contributed by atoms with E-state index in [9.17, 15) is 4.79 Å². The highest BCUT2D eigenvalue weighted by Crippen LogP contribution is 2.40. The fourth-order valence-corrected chi connectivity index (χ4v) is 2.27. The molecule has 3 N–H and O–H groups in total. The fraction of sp³-hybridized carbons (Fsp3) is 0.500. The van der Waals surface area contributed by atoms with Crippen LogP contribution in [0.15, 0.2) is 22.6 Å². The van der Waals surface area contributed by atoms with E-state index in [2.05, 4.69) is 10.3 Å². The summed E-state index contributed by atoms with van der Waals surface area (Å²) in [6.45, 7) is 4.01. The van der Waals surface area contributed by atoms with Crippen molar-refractivity contribution < 1.29 is 9.21 Å². The molecule has 1 aromatic carbocycles. The number of nitrogens with two attached hydrogens (primary N) is 1. The lowest BCUT2D eigenvalue weighted by molar-refractivity contribution is -0.118. The summed E-state index contributed by atoms with van der Waals surface area (Å²) < 4.78 is 5.71. The van der Waals surface area contributed by atoms with Gasteiger partial charge in [-0.25, -0.2) is 4.98 Å². The highest BCUT2D eigenvalue weighted by atomic mass is 16.3. The first-order valence-corrected chi connectivity index (χ1v) is 7.55. The molecule has 2 unspecified atom stereocenters. The zero-order valence-corrected chi connectivity index (χ0v) is 12.4. The second-order valence-electron chi connectivity index (χ2n) is 5.91. The summed E-state index contributed by atoms with van der Waals surface area (Å²) in [4.78, 5) is 16.6. The standard InChI is InChI=1S/C16H21N3O2/c1-3-9(2)14(17)15(20)18-11-6-7-13-12(8-11)19-16(21-13)10-4-5-10/h6-10,14H,3-5,17H2,1-2H3,(H,18,20). The molecule has 2 atom stereocenters. The van der Waals surface area contributed by atoms with Crippen molar-refractivity contribution in [2.45, 2.75) is 45.1 Å². The minimum absolute atomic E-state index is 0.155. The number of nitrogens with one attached hydrogen (secondary N) is 1. The van der Waals surface area contributed by atoms with E-state index < -0.39 is 6.04 Å². The summed E-state index contributed by atoms with van der Waals surface area (Å²) in [5.41, 5.74) is 8.20. The van der Waals surface area contributed by atoms with Crippen LogP contribution in [0.4, 0.5) is 5.69 Å². The van der Waals surface area contributed by atoms with E-state index in [0.717, 1.165) is 36.3 Å². The molecule has 0 saturated heterocycles. The second kappa shape index (κ2) is 5.48. The van der Waals surface area contributed by atoms with E-state index in [-0.39, 0.29) is 11.8 Å². The molecule has 5 nitrogen and oxygen atoms in total. The summed E-state index contributed by atoms with van der Waals surface area (Å²) in [7, 11) is 0. The molecule has 112 valence electrons. The number of rotatable bonds is 5. The molecule has 1 saturated carbocycles. The number of amides is 1. The molecular formula is C16H21N3O2. The van der Waals surface area contributed by atoms with Crippen LogP contribution in [0.25, 0.3) is 11.1 Å². The van der Waals surface area contributed by atoms with Gasteiger partial charge in [0.1, 0.15) is 5.52 Å². The zero-order chi connectivity index (χ0) is 15.0. The molecule has 1 fully saturated rings. The first-order chi connectivity index (χ1) is 10.1. The number of fused-ring (bicyclic) bond motifs is 1. The molecule has 1 aromatic heterocycles. The summed E-state index contributed by atoms with van der Waals surface area (Å²) >= 11 is 0. The molecule has 1 aliphatic rings. The van der Waals surface area contributed by atoms with Gasteiger partial charge in [0.25, 0.3) is 0 Å². The lowest BCUT2D eigenvalue weighted by atomic mass is 9.99. The molecule has 2 aromatic rings. The molecule has 3 rings (SSSR count). The topological polar surface area (TPSA) is 81.2 Å². The molecular weight excluding hydrogens is 266 g/mol. The first kappa shape index (κ1) is 14.1. The van der Waals surface area contributed by atoms with Crippen molar-refractivity contribution >= 4 is 22.7 Å². The average molecular weight is 287 g/mol. The first-order valence-electron chi connectivity index (χ1n) is 7.55. The Balaban J connectivity index is 1.76. The maximum absolute atomic E-state index is 12.1. The van der Waals surface area contributed by atoms with Crippen LogP contribution in [-0.2, 0) is 4.79 Å². The molecule has 5 heteroatoms. The van der Waals surface area contributed by atoms with Gasteiger partial charge in [-0.3, -0.25) is 4.79 Å². The van der Waals surface area contributed by atoms with Crippen LogP contribution in [0, 0.1) is 5.92 Å². The minimum Gasteiger partial charge on any atom is -0.440 e. The van der Waals surface area contributed by atoms with Crippen LogP contribution in [0.2, 0.25) is 0 Å². The third kappa shape index (κ3) is 2.93. The van der Waals surface area contributed by atoms with E-state index in [1.807, 2.05) is 32.0 Å². The van der Waals surface area contributed by atoms with Gasteiger partial charge >= 0.3 is 0 Å². The Morgan fingerprint density at radius 1 is 1.52 bits per heavy atom. The quantitative estimate of drug-likeness (QED) is 0.885. The molecule has 0 aliphatic heterocycles. The smallest absolute Gasteiger partial charge is 0.241 e. The van der Waals surface area contributed by atoms with Gasteiger partial charge in [0.2, 0.25) is 5.91 Å². The van der Waals surface area contributed by atoms with Crippen molar-refractivity contribution in [3.63, 3.8) is 0 Å². The van der Waals surface area contributed by atoms with Crippen LogP contribution < -0.4 is 11.1 Å². The number of nitrogens with zero attached hydrogens (tertiary/aromatic N) is 1. The summed E-state index contributed by atoms with van der Waals surface area (Å²) in [5.74, 6) is 1.29. The predicted octanol–water partition coefficient (Wildman–Crippen LogP) is 3.02. The predicted molar refractivity (Wildman–Crippen MR) is 82.0 cm³/mol. The minimum atomic E-state index is -0.495. The molecule has 1 heterocycles. The van der Waals surface area contributed by atoms with E-state index >= 15 is 0 Å². The number of carbonyl (C=O) groups excluding carboxylic acids is 1. The van der Waals surface area contributed by atoms with Crippen LogP contribution in [-0.4, -0.2) is 16.9 Å². The van der Waals surface area contributed by atoms with Gasteiger partial charge < -0.3 is 15.5 Å². The van der Waals surface area contributed by atoms with Gasteiger partial charge in [0, 0.05) is 11.6 Å². The van der Waals surface area contributed by atoms with E-state index in [1.54, 1.807) is 0 Å². The SMILES string of the molecule is CCC(C)C(N)C(=O)Nc1ccc2oc(C3CC3)nc2c1. The average Bonchev–Trinajstić information content (AvgIpc) is 3.25. The normalized spacial score (nSPS) is 17.7. The van der Waals surface area contributed by atoms with E-state index in [4.69, 9.17) is 10.2 Å². The molecule has 1 amide bonds. The highest BCUT2D eigenvalue weighted by Gasteiger charge is 2.29. The van der Waals surface area contributed by atoms with Crippen molar-refractivity contribution in [2.24, 2.45) is 11.7 Å². The van der Waals surface area contributed by atoms with Crippen LogP contribution >= 0.6 is 0 Å². The number of oxazole rings is 1. The van der Waals surface area contributed by atoms with Crippen LogP contribution in [0.5, 0.6) is 0 Å². The largest absolute Gasteiger partial charge is 0.440 e. The summed E-state index contributed by atoms with van der Waals surface area (Å²) in [5, 5.41) is 2.86. The Morgan fingerprint density at radius 3 is 2.95 bits per heavy atom. The zero-order valence-electron chi connectivity index (χ0n) is 12.4. The Kier molecular flexibility index (Phi) is 3.68. The monoisotopic (exact) mass is 287 g/mol. The van der Waals surface area contributed by atoms with Gasteiger partial charge in [0.15, 0.2) is 11.5 Å². The molecule has 21 heavy (non-hydrogen) atoms. The number of hydrogen-bond donors (Lipinski definition) is 2. The molecule has 0 spiro atoms. The van der Waals surface area contributed by atoms with Crippen LogP contribution in [0.3, 0.4) is 0 Å². The van der Waals surface area contributed by atoms with Gasteiger partial charge in [-0.2, -0.15) is 0 Å². The Morgan fingerprint density at radius 2 is 2.29 bits per heavy atom. The lowest BCUT2D eigenvalue weighted by Gasteiger charge is -2.17. The van der Waals surface area contributed by atoms with Crippen molar-refractivity contribution in [1.29, 1.82) is 0 Å². The Labute approximate surface area is 123 Å². The van der Waals surface area contributed by atoms with Gasteiger partial charge in [-0.15, -0.1) is 0 Å². The second-order valence-corrected chi connectivity index (χ2v) is 5.91. The van der Waals surface area contributed by atoms with Crippen molar-refractivity contribution in [2.75, 3.05) is 5.32 Å². The third-order valence-electron chi connectivity index (χ3n) is 4.16. The molecule has 1 aliphatic carbocycles. The molecule has 0 bridgehead atoms. The Hall–Kier alpha value is -1.88. The maximum atomic E-state index is 12.1. The van der Waals surface area contributed by atoms with Crippen molar-refractivity contribution in [1.82, 2.24) is 4.98 Å². The Bertz CT molecular complexity index is 661. The van der Waals surface area contributed by atoms with E-state index in [1.165, 1.54) is 0 Å². The van der Waals surface area contributed by atoms with Gasteiger partial charge in [-0.1, -0.05) is 20.3 Å². The van der Waals surface area contributed by atoms with Crippen molar-refractivity contribution in [3.05, 3.63) is 24.1 Å². The summed E-state index contributed by atoms with van der Waals surface area (Å²) in [6, 6.07) is 5.01. The number of anilines is 1. The maximum Gasteiger partial charge on any atom is 0.241 e. The number of aromatic nitrogens is 1. The van der Waals surface area contributed by atoms with Gasteiger partial charge in [0.05, 0.1) is 6.04 Å². The molecule has 0 radical (unpaired) electrons. The van der Waals surface area contributed by atoms with E-state index in [0.29, 0.717) is 11.6 Å². The van der Waals surface area contributed by atoms with Crippen molar-refractivity contribution in [3.8, 4) is 0 Å². The summed E-state index contributed by atoms with van der Waals surface area (Å²) in [6.07, 6.45) is 3.18.